The highest BCUT2D eigenvalue weighted by molar-refractivity contribution is 9.10. The Labute approximate surface area is 130 Å². The molecule has 0 saturated heterocycles. The highest BCUT2D eigenvalue weighted by Crippen LogP contribution is 2.32. The number of methoxy groups -OCH3 is 1. The van der Waals surface area contributed by atoms with Crippen LogP contribution in [0.25, 0.3) is 0 Å². The van der Waals surface area contributed by atoms with E-state index in [2.05, 4.69) is 15.9 Å². The molecule has 0 bridgehead atoms. The normalized spacial score (nSPS) is 12.2. The number of ether oxygens (including phenoxy) is 1. The van der Waals surface area contributed by atoms with Gasteiger partial charge in [-0.05, 0) is 39.7 Å². The summed E-state index contributed by atoms with van der Waals surface area (Å²) in [7, 11) is 1.41. The van der Waals surface area contributed by atoms with Crippen LogP contribution in [0.5, 0.6) is 5.75 Å². The van der Waals surface area contributed by atoms with Gasteiger partial charge in [-0.2, -0.15) is 0 Å². The molecule has 1 atom stereocenters. The van der Waals surface area contributed by atoms with Gasteiger partial charge in [0, 0.05) is 16.5 Å². The first-order valence-corrected chi connectivity index (χ1v) is 7.14. The lowest BCUT2D eigenvalue weighted by Crippen LogP contribution is -2.03. The van der Waals surface area contributed by atoms with E-state index in [1.807, 2.05) is 0 Å². The molecule has 0 aromatic heterocycles. The monoisotopic (exact) mass is 358 g/mol. The van der Waals surface area contributed by atoms with Crippen LogP contribution in [0.1, 0.15) is 17.2 Å². The van der Waals surface area contributed by atoms with Crippen molar-refractivity contribution in [1.82, 2.24) is 0 Å². The number of hydrogen-bond donors (Lipinski definition) is 1. The summed E-state index contributed by atoms with van der Waals surface area (Å²) < 4.78 is 19.2. The van der Waals surface area contributed by atoms with Crippen molar-refractivity contribution in [2.24, 2.45) is 0 Å². The van der Waals surface area contributed by atoms with E-state index < -0.39 is 11.9 Å². The average molecular weight is 360 g/mol. The highest BCUT2D eigenvalue weighted by atomic mass is 79.9. The second kappa shape index (κ2) is 6.57. The van der Waals surface area contributed by atoms with Crippen molar-refractivity contribution >= 4 is 27.5 Å². The molecule has 2 aromatic rings. The SMILES string of the molecule is COc1ccc(CC(O)c2cccc(Br)c2Cl)cc1F. The summed E-state index contributed by atoms with van der Waals surface area (Å²) in [4.78, 5) is 0. The van der Waals surface area contributed by atoms with E-state index in [1.54, 1.807) is 30.3 Å². The topological polar surface area (TPSA) is 29.5 Å². The number of aliphatic hydroxyl groups is 1. The zero-order valence-electron chi connectivity index (χ0n) is 10.7. The van der Waals surface area contributed by atoms with E-state index in [4.69, 9.17) is 16.3 Å². The van der Waals surface area contributed by atoms with E-state index in [0.717, 1.165) is 4.47 Å². The lowest BCUT2D eigenvalue weighted by Gasteiger charge is -2.14. The Hall–Kier alpha value is -1.10. The molecule has 0 radical (unpaired) electrons. The summed E-state index contributed by atoms with van der Waals surface area (Å²) in [6, 6.07) is 9.96. The Morgan fingerprint density at radius 2 is 2.10 bits per heavy atom. The number of hydrogen-bond acceptors (Lipinski definition) is 2. The Morgan fingerprint density at radius 3 is 2.75 bits per heavy atom. The van der Waals surface area contributed by atoms with Gasteiger partial charge < -0.3 is 9.84 Å². The molecule has 0 aliphatic rings. The predicted octanol–water partition coefficient (Wildman–Crippen LogP) is 4.53. The zero-order chi connectivity index (χ0) is 14.7. The third-order valence-electron chi connectivity index (χ3n) is 2.99. The summed E-state index contributed by atoms with van der Waals surface area (Å²) in [6.45, 7) is 0. The number of rotatable bonds is 4. The lowest BCUT2D eigenvalue weighted by atomic mass is 10.0. The Balaban J connectivity index is 2.21. The quantitative estimate of drug-likeness (QED) is 0.869. The fraction of sp³-hybridized carbons (Fsp3) is 0.200. The fourth-order valence-corrected chi connectivity index (χ4v) is 2.58. The standard InChI is InChI=1S/C15H13BrClFO2/c1-20-14-6-5-9(7-12(14)18)8-13(19)10-3-2-4-11(16)15(10)17/h2-7,13,19H,8H2,1H3. The van der Waals surface area contributed by atoms with Gasteiger partial charge in [-0.25, -0.2) is 4.39 Å². The molecule has 0 heterocycles. The van der Waals surface area contributed by atoms with Gasteiger partial charge in [-0.3, -0.25) is 0 Å². The summed E-state index contributed by atoms with van der Waals surface area (Å²) in [5, 5.41) is 10.7. The van der Waals surface area contributed by atoms with Crippen LogP contribution in [-0.4, -0.2) is 12.2 Å². The lowest BCUT2D eigenvalue weighted by molar-refractivity contribution is 0.178. The minimum atomic E-state index is -0.798. The molecule has 2 nitrogen and oxygen atoms in total. The van der Waals surface area contributed by atoms with Crippen molar-refractivity contribution in [1.29, 1.82) is 0 Å². The molecule has 5 heteroatoms. The summed E-state index contributed by atoms with van der Waals surface area (Å²) in [5.41, 5.74) is 1.28. The third-order valence-corrected chi connectivity index (χ3v) is 4.30. The number of halogens is 3. The van der Waals surface area contributed by atoms with Crippen LogP contribution in [0.15, 0.2) is 40.9 Å². The smallest absolute Gasteiger partial charge is 0.165 e. The van der Waals surface area contributed by atoms with Crippen LogP contribution >= 0.6 is 27.5 Å². The van der Waals surface area contributed by atoms with Crippen LogP contribution in [0.3, 0.4) is 0 Å². The first-order chi connectivity index (χ1) is 9.52. The molecule has 0 aliphatic carbocycles. The fourth-order valence-electron chi connectivity index (χ4n) is 1.95. The van der Waals surface area contributed by atoms with Gasteiger partial charge in [0.2, 0.25) is 0 Å². The maximum atomic E-state index is 13.6. The van der Waals surface area contributed by atoms with Crippen LogP contribution in [-0.2, 0) is 6.42 Å². The molecule has 0 fully saturated rings. The van der Waals surface area contributed by atoms with Crippen LogP contribution < -0.4 is 4.74 Å². The maximum Gasteiger partial charge on any atom is 0.165 e. The van der Waals surface area contributed by atoms with E-state index in [0.29, 0.717) is 16.1 Å². The second-order valence-corrected chi connectivity index (χ2v) is 5.56. The molecule has 0 spiro atoms. The van der Waals surface area contributed by atoms with Crippen LogP contribution in [0, 0.1) is 5.82 Å². The Bertz CT molecular complexity index is 619. The van der Waals surface area contributed by atoms with Crippen molar-refractivity contribution in [3.63, 3.8) is 0 Å². The molecule has 106 valence electrons. The summed E-state index contributed by atoms with van der Waals surface area (Å²) in [5.74, 6) is -0.263. The molecule has 2 rings (SSSR count). The van der Waals surface area contributed by atoms with E-state index in [1.165, 1.54) is 13.2 Å². The first kappa shape index (κ1) is 15.3. The third kappa shape index (κ3) is 3.32. The van der Waals surface area contributed by atoms with E-state index in [-0.39, 0.29) is 12.2 Å². The van der Waals surface area contributed by atoms with Crippen molar-refractivity contribution < 1.29 is 14.2 Å². The van der Waals surface area contributed by atoms with Crippen molar-refractivity contribution in [3.05, 3.63) is 62.8 Å². The molecule has 0 saturated carbocycles. The molecular weight excluding hydrogens is 347 g/mol. The van der Waals surface area contributed by atoms with Gasteiger partial charge in [-0.1, -0.05) is 29.8 Å². The number of benzene rings is 2. The zero-order valence-corrected chi connectivity index (χ0v) is 13.1. The minimum Gasteiger partial charge on any atom is -0.494 e. The molecule has 1 N–H and O–H groups in total. The molecule has 0 amide bonds. The van der Waals surface area contributed by atoms with Gasteiger partial charge in [0.05, 0.1) is 18.2 Å². The average Bonchev–Trinajstić information content (AvgIpc) is 2.42. The van der Waals surface area contributed by atoms with Crippen LogP contribution in [0.2, 0.25) is 5.02 Å². The van der Waals surface area contributed by atoms with Crippen molar-refractivity contribution in [2.75, 3.05) is 7.11 Å². The van der Waals surface area contributed by atoms with Crippen molar-refractivity contribution in [3.8, 4) is 5.75 Å². The highest BCUT2D eigenvalue weighted by Gasteiger charge is 2.15. The molecular formula is C15H13BrClFO2. The largest absolute Gasteiger partial charge is 0.494 e. The van der Waals surface area contributed by atoms with Crippen molar-refractivity contribution in [2.45, 2.75) is 12.5 Å². The molecule has 0 aliphatic heterocycles. The summed E-state index contributed by atoms with van der Waals surface area (Å²) in [6.07, 6.45) is -0.523. The van der Waals surface area contributed by atoms with Gasteiger partial charge in [0.1, 0.15) is 0 Å². The molecule has 2 aromatic carbocycles. The summed E-state index contributed by atoms with van der Waals surface area (Å²) >= 11 is 9.44. The number of aliphatic hydroxyl groups excluding tert-OH is 1. The predicted molar refractivity (Wildman–Crippen MR) is 80.8 cm³/mol. The maximum absolute atomic E-state index is 13.6. The Morgan fingerprint density at radius 1 is 1.35 bits per heavy atom. The van der Waals surface area contributed by atoms with Gasteiger partial charge in [0.25, 0.3) is 0 Å². The van der Waals surface area contributed by atoms with Gasteiger partial charge in [0.15, 0.2) is 11.6 Å². The second-order valence-electron chi connectivity index (χ2n) is 4.33. The van der Waals surface area contributed by atoms with Gasteiger partial charge in [-0.15, -0.1) is 0 Å². The van der Waals surface area contributed by atoms with E-state index in [9.17, 15) is 9.50 Å². The van der Waals surface area contributed by atoms with Crippen LogP contribution in [0.4, 0.5) is 4.39 Å². The molecule has 20 heavy (non-hydrogen) atoms. The first-order valence-electron chi connectivity index (χ1n) is 5.97. The van der Waals surface area contributed by atoms with Gasteiger partial charge >= 0.3 is 0 Å². The molecule has 1 unspecified atom stereocenters. The van der Waals surface area contributed by atoms with E-state index >= 15 is 0 Å². The Kier molecular flexibility index (Phi) is 5.02. The minimum absolute atomic E-state index is 0.184.